The summed E-state index contributed by atoms with van der Waals surface area (Å²) in [5.74, 6) is 2.35. The Morgan fingerprint density at radius 2 is 2.09 bits per heavy atom. The van der Waals surface area contributed by atoms with Gasteiger partial charge in [-0.05, 0) is 42.4 Å². The van der Waals surface area contributed by atoms with Crippen molar-refractivity contribution in [3.05, 3.63) is 0 Å². The Morgan fingerprint density at radius 1 is 1.36 bits per heavy atom. The van der Waals surface area contributed by atoms with Crippen LogP contribution in [-0.4, -0.2) is 11.7 Å². The van der Waals surface area contributed by atoms with E-state index in [4.69, 9.17) is 5.11 Å². The topological polar surface area (TPSA) is 20.2 Å². The van der Waals surface area contributed by atoms with Crippen LogP contribution in [0.1, 0.15) is 33.1 Å². The van der Waals surface area contributed by atoms with Gasteiger partial charge in [-0.1, -0.05) is 13.8 Å². The summed E-state index contributed by atoms with van der Waals surface area (Å²) >= 11 is 0. The second kappa shape index (κ2) is 2.22. The molecule has 0 heterocycles. The lowest BCUT2D eigenvalue weighted by molar-refractivity contribution is 0.155. The van der Waals surface area contributed by atoms with Gasteiger partial charge in [0.25, 0.3) is 0 Å². The molecule has 0 radical (unpaired) electrons. The largest absolute Gasteiger partial charge is 0.396 e. The molecule has 1 heteroatoms. The van der Waals surface area contributed by atoms with Crippen LogP contribution in [0.5, 0.6) is 0 Å². The summed E-state index contributed by atoms with van der Waals surface area (Å²) in [7, 11) is 0. The molecule has 0 unspecified atom stereocenters. The van der Waals surface area contributed by atoms with Gasteiger partial charge in [0.1, 0.15) is 0 Å². The molecular formula is C10H18O. The highest BCUT2D eigenvalue weighted by molar-refractivity contribution is 5.01. The van der Waals surface area contributed by atoms with Gasteiger partial charge in [0.15, 0.2) is 0 Å². The Hall–Kier alpha value is -0.0400. The first-order valence-corrected chi connectivity index (χ1v) is 4.77. The predicted octanol–water partition coefficient (Wildman–Crippen LogP) is 2.05. The number of aliphatic hydroxyl groups is 1. The first-order valence-electron chi connectivity index (χ1n) is 4.77. The maximum absolute atomic E-state index is 9.12. The van der Waals surface area contributed by atoms with E-state index in [-0.39, 0.29) is 0 Å². The van der Waals surface area contributed by atoms with E-state index in [0.717, 1.165) is 11.8 Å². The molecule has 2 fully saturated rings. The Bertz CT molecular complexity index is 162. The third-order valence-electron chi connectivity index (χ3n) is 4.22. The lowest BCUT2D eigenvalue weighted by atomic mass is 9.80. The molecule has 11 heavy (non-hydrogen) atoms. The quantitative estimate of drug-likeness (QED) is 0.613. The minimum Gasteiger partial charge on any atom is -0.396 e. The van der Waals surface area contributed by atoms with Crippen LogP contribution < -0.4 is 0 Å². The SMILES string of the molecule is CC1(C)[C@H]2CC[C@@H]1[C@H](CO)C2. The molecule has 2 saturated carbocycles. The molecule has 2 rings (SSSR count). The van der Waals surface area contributed by atoms with Crippen LogP contribution in [0.4, 0.5) is 0 Å². The van der Waals surface area contributed by atoms with Crippen molar-refractivity contribution in [1.29, 1.82) is 0 Å². The molecule has 1 nitrogen and oxygen atoms in total. The predicted molar refractivity (Wildman–Crippen MR) is 45.2 cm³/mol. The molecule has 0 aromatic rings. The minimum atomic E-state index is 0.421. The van der Waals surface area contributed by atoms with Crippen LogP contribution in [0.25, 0.3) is 0 Å². The van der Waals surface area contributed by atoms with Crippen LogP contribution in [-0.2, 0) is 0 Å². The summed E-state index contributed by atoms with van der Waals surface area (Å²) in [4.78, 5) is 0. The monoisotopic (exact) mass is 154 g/mol. The third kappa shape index (κ3) is 0.868. The molecule has 2 aliphatic rings. The van der Waals surface area contributed by atoms with Crippen LogP contribution in [0.15, 0.2) is 0 Å². The van der Waals surface area contributed by atoms with Gasteiger partial charge in [-0.25, -0.2) is 0 Å². The van der Waals surface area contributed by atoms with E-state index in [0.29, 0.717) is 17.9 Å². The molecule has 0 spiro atoms. The molecule has 0 aromatic carbocycles. The number of hydrogen-bond donors (Lipinski definition) is 1. The fourth-order valence-electron chi connectivity index (χ4n) is 3.42. The molecule has 0 saturated heterocycles. The highest BCUT2D eigenvalue weighted by Crippen LogP contribution is 2.59. The average Bonchev–Trinajstić information content (AvgIpc) is 2.40. The molecule has 0 aliphatic heterocycles. The van der Waals surface area contributed by atoms with E-state index in [2.05, 4.69) is 13.8 Å². The van der Waals surface area contributed by atoms with Gasteiger partial charge >= 0.3 is 0 Å². The number of rotatable bonds is 1. The van der Waals surface area contributed by atoms with Gasteiger partial charge in [0, 0.05) is 6.61 Å². The van der Waals surface area contributed by atoms with Gasteiger partial charge < -0.3 is 5.11 Å². The van der Waals surface area contributed by atoms with Gasteiger partial charge in [0.2, 0.25) is 0 Å². The minimum absolute atomic E-state index is 0.421. The van der Waals surface area contributed by atoms with E-state index in [1.165, 1.54) is 19.3 Å². The fourth-order valence-corrected chi connectivity index (χ4v) is 3.42. The van der Waals surface area contributed by atoms with Crippen molar-refractivity contribution in [3.63, 3.8) is 0 Å². The number of fused-ring (bicyclic) bond motifs is 2. The molecule has 0 aromatic heterocycles. The van der Waals surface area contributed by atoms with Crippen LogP contribution in [0.3, 0.4) is 0 Å². The molecule has 64 valence electrons. The van der Waals surface area contributed by atoms with Crippen molar-refractivity contribution in [2.24, 2.45) is 23.2 Å². The Kier molecular flexibility index (Phi) is 1.54. The average molecular weight is 154 g/mol. The summed E-state index contributed by atoms with van der Waals surface area (Å²) in [6.45, 7) is 5.18. The first kappa shape index (κ1) is 7.60. The summed E-state index contributed by atoms with van der Waals surface area (Å²) in [6.07, 6.45) is 4.06. The lowest BCUT2D eigenvalue weighted by Crippen LogP contribution is -2.21. The highest BCUT2D eigenvalue weighted by Gasteiger charge is 2.52. The van der Waals surface area contributed by atoms with E-state index in [9.17, 15) is 0 Å². The zero-order chi connectivity index (χ0) is 8.06. The molecule has 2 bridgehead atoms. The van der Waals surface area contributed by atoms with Crippen LogP contribution in [0, 0.1) is 23.2 Å². The summed E-state index contributed by atoms with van der Waals surface area (Å²) in [6, 6.07) is 0. The first-order chi connectivity index (χ1) is 5.16. The van der Waals surface area contributed by atoms with E-state index in [1.54, 1.807) is 0 Å². The Balaban J connectivity index is 2.19. The van der Waals surface area contributed by atoms with E-state index >= 15 is 0 Å². The van der Waals surface area contributed by atoms with Crippen molar-refractivity contribution < 1.29 is 5.11 Å². The van der Waals surface area contributed by atoms with Crippen molar-refractivity contribution in [3.8, 4) is 0 Å². The Labute approximate surface area is 68.8 Å². The van der Waals surface area contributed by atoms with Crippen molar-refractivity contribution >= 4 is 0 Å². The highest BCUT2D eigenvalue weighted by atomic mass is 16.3. The van der Waals surface area contributed by atoms with E-state index in [1.807, 2.05) is 0 Å². The number of hydrogen-bond acceptors (Lipinski definition) is 1. The van der Waals surface area contributed by atoms with Gasteiger partial charge in [-0.2, -0.15) is 0 Å². The molecule has 2 aliphatic carbocycles. The smallest absolute Gasteiger partial charge is 0.0462 e. The fraction of sp³-hybridized carbons (Fsp3) is 1.00. The zero-order valence-electron chi connectivity index (χ0n) is 7.51. The second-order valence-corrected chi connectivity index (χ2v) is 4.88. The summed E-state index contributed by atoms with van der Waals surface area (Å²) in [5.41, 5.74) is 0.535. The van der Waals surface area contributed by atoms with Crippen molar-refractivity contribution in [2.45, 2.75) is 33.1 Å². The summed E-state index contributed by atoms with van der Waals surface area (Å²) < 4.78 is 0. The van der Waals surface area contributed by atoms with Crippen LogP contribution >= 0.6 is 0 Å². The Morgan fingerprint density at radius 3 is 2.36 bits per heavy atom. The maximum atomic E-state index is 9.12. The lowest BCUT2D eigenvalue weighted by Gasteiger charge is -2.25. The van der Waals surface area contributed by atoms with Gasteiger partial charge in [-0.3, -0.25) is 0 Å². The van der Waals surface area contributed by atoms with E-state index < -0.39 is 0 Å². The zero-order valence-corrected chi connectivity index (χ0v) is 7.51. The normalized spacial score (nSPS) is 46.6. The van der Waals surface area contributed by atoms with Gasteiger partial charge in [0.05, 0.1) is 0 Å². The van der Waals surface area contributed by atoms with Crippen molar-refractivity contribution in [1.82, 2.24) is 0 Å². The molecule has 1 N–H and O–H groups in total. The third-order valence-corrected chi connectivity index (χ3v) is 4.22. The maximum Gasteiger partial charge on any atom is 0.0462 e. The second-order valence-electron chi connectivity index (χ2n) is 4.88. The standard InChI is InChI=1S/C10H18O/c1-10(2)8-3-4-9(10)7(5-8)6-11/h7-9,11H,3-6H2,1-2H3/t7-,8-,9+/m0/s1. The molecule has 0 amide bonds. The molecule has 3 atom stereocenters. The summed E-state index contributed by atoms with van der Waals surface area (Å²) in [5, 5.41) is 9.12. The molecular weight excluding hydrogens is 136 g/mol. The number of aliphatic hydroxyl groups excluding tert-OH is 1. The van der Waals surface area contributed by atoms with Crippen LogP contribution in [0.2, 0.25) is 0 Å². The van der Waals surface area contributed by atoms with Gasteiger partial charge in [-0.15, -0.1) is 0 Å². The van der Waals surface area contributed by atoms with Crippen molar-refractivity contribution in [2.75, 3.05) is 6.61 Å².